The van der Waals surface area contributed by atoms with Crippen LogP contribution >= 0.6 is 0 Å². The number of hydrogen-bond acceptors (Lipinski definition) is 3. The third kappa shape index (κ3) is 4.65. The van der Waals surface area contributed by atoms with Crippen molar-refractivity contribution in [3.05, 3.63) is 0 Å². The summed E-state index contributed by atoms with van der Waals surface area (Å²) in [6.07, 6.45) is -8.76. The number of rotatable bonds is 5. The van der Waals surface area contributed by atoms with Gasteiger partial charge >= 0.3 is 49.6 Å². The van der Waals surface area contributed by atoms with E-state index < -0.39 is 62.1 Å². The first kappa shape index (κ1) is 23.9. The smallest absolute Gasteiger partial charge is 0.416 e. The highest BCUT2D eigenvalue weighted by Gasteiger charge is 2.81. The predicted octanol–water partition coefficient (Wildman–Crippen LogP) is 5.38. The molecule has 0 radical (unpaired) electrons. The molecule has 0 N–H and O–H groups in total. The van der Waals surface area contributed by atoms with Crippen molar-refractivity contribution in [1.29, 1.82) is 0 Å². The van der Waals surface area contributed by atoms with Gasteiger partial charge in [0.1, 0.15) is 0 Å². The van der Waals surface area contributed by atoms with Gasteiger partial charge < -0.3 is 12.3 Å². The SMILES string of the molecule is C[Si]1(C)O[Si](C)(C)O[Si](C)(CCC(F)(F)C(F)(F)C(F)(F)C(F)(F)F)O1. The topological polar surface area (TPSA) is 27.7 Å². The molecule has 156 valence electrons. The molecule has 0 aromatic rings. The van der Waals surface area contributed by atoms with E-state index in [9.17, 15) is 39.5 Å². The zero-order valence-corrected chi connectivity index (χ0v) is 17.5. The van der Waals surface area contributed by atoms with E-state index in [0.717, 1.165) is 0 Å². The van der Waals surface area contributed by atoms with Crippen LogP contribution in [0.1, 0.15) is 6.42 Å². The molecule has 0 atom stereocenters. The summed E-state index contributed by atoms with van der Waals surface area (Å²) >= 11 is 0. The minimum absolute atomic E-state index is 0.889. The van der Waals surface area contributed by atoms with E-state index >= 15 is 0 Å². The van der Waals surface area contributed by atoms with Gasteiger partial charge in [-0.05, 0) is 38.8 Å². The van der Waals surface area contributed by atoms with E-state index in [1.807, 2.05) is 0 Å². The predicted molar refractivity (Wildman–Crippen MR) is 80.2 cm³/mol. The molecule has 15 heteroatoms. The van der Waals surface area contributed by atoms with E-state index in [-0.39, 0.29) is 0 Å². The minimum atomic E-state index is -6.88. The Morgan fingerprint density at radius 3 is 1.35 bits per heavy atom. The molecule has 1 rings (SSSR count). The average Bonchev–Trinajstić information content (AvgIpc) is 2.30. The fourth-order valence-electron chi connectivity index (χ4n) is 2.75. The van der Waals surface area contributed by atoms with E-state index in [1.54, 1.807) is 26.2 Å². The quantitative estimate of drug-likeness (QED) is 0.412. The van der Waals surface area contributed by atoms with Crippen molar-refractivity contribution in [2.45, 2.75) is 69.1 Å². The Bertz CT molecular complexity index is 521. The van der Waals surface area contributed by atoms with Gasteiger partial charge in [-0.15, -0.1) is 0 Å². The summed E-state index contributed by atoms with van der Waals surface area (Å²) in [5, 5.41) is 0. The molecule has 1 aliphatic rings. The second-order valence-corrected chi connectivity index (χ2v) is 17.9. The Labute approximate surface area is 147 Å². The molecule has 26 heavy (non-hydrogen) atoms. The molecule has 1 saturated heterocycles. The zero-order valence-electron chi connectivity index (χ0n) is 14.5. The largest absolute Gasteiger partial charge is 0.460 e. The molecule has 0 aromatic carbocycles. The maximum atomic E-state index is 13.7. The lowest BCUT2D eigenvalue weighted by Crippen LogP contribution is -2.66. The van der Waals surface area contributed by atoms with Crippen molar-refractivity contribution in [2.75, 3.05) is 0 Å². The van der Waals surface area contributed by atoms with Crippen LogP contribution in [0.4, 0.5) is 39.5 Å². The van der Waals surface area contributed by atoms with Crippen molar-refractivity contribution in [2.24, 2.45) is 0 Å². The fraction of sp³-hybridized carbons (Fsp3) is 1.00. The molecule has 1 aliphatic heterocycles. The van der Waals surface area contributed by atoms with Crippen molar-refractivity contribution in [1.82, 2.24) is 0 Å². The summed E-state index contributed by atoms with van der Waals surface area (Å²) in [6, 6.07) is -0.889. The van der Waals surface area contributed by atoms with Gasteiger partial charge in [0, 0.05) is 6.42 Å². The average molecular weight is 455 g/mol. The van der Waals surface area contributed by atoms with E-state index in [0.29, 0.717) is 0 Å². The maximum Gasteiger partial charge on any atom is 0.460 e. The van der Waals surface area contributed by atoms with Crippen LogP contribution in [0.5, 0.6) is 0 Å². The van der Waals surface area contributed by atoms with Crippen LogP contribution < -0.4 is 0 Å². The molecule has 3 nitrogen and oxygen atoms in total. The molecule has 0 spiro atoms. The van der Waals surface area contributed by atoms with E-state index in [4.69, 9.17) is 12.3 Å². The van der Waals surface area contributed by atoms with Gasteiger partial charge in [0.25, 0.3) is 0 Å². The molecule has 0 amide bonds. The van der Waals surface area contributed by atoms with Crippen molar-refractivity contribution in [3.8, 4) is 0 Å². The van der Waals surface area contributed by atoms with Gasteiger partial charge in [-0.25, -0.2) is 0 Å². The minimum Gasteiger partial charge on any atom is -0.416 e. The van der Waals surface area contributed by atoms with E-state index in [2.05, 4.69) is 0 Å². The molecule has 0 aliphatic carbocycles. The Morgan fingerprint density at radius 1 is 0.615 bits per heavy atom. The number of hydrogen-bond donors (Lipinski definition) is 0. The monoisotopic (exact) mass is 454 g/mol. The molecular weight excluding hydrogens is 435 g/mol. The lowest BCUT2D eigenvalue weighted by molar-refractivity contribution is -0.396. The lowest BCUT2D eigenvalue weighted by atomic mass is 10.0. The lowest BCUT2D eigenvalue weighted by Gasteiger charge is -2.48. The van der Waals surface area contributed by atoms with Gasteiger partial charge in [0.15, 0.2) is 0 Å². The Hall–Kier alpha value is -0.0994. The summed E-state index contributed by atoms with van der Waals surface area (Å²) < 4.78 is 133. The Morgan fingerprint density at radius 2 is 1.00 bits per heavy atom. The molecule has 1 heterocycles. The van der Waals surface area contributed by atoms with Crippen LogP contribution in [0, 0.1) is 0 Å². The van der Waals surface area contributed by atoms with Gasteiger partial charge in [-0.2, -0.15) is 39.5 Å². The van der Waals surface area contributed by atoms with Crippen molar-refractivity contribution in [3.63, 3.8) is 0 Å². The summed E-state index contributed by atoms with van der Waals surface area (Å²) in [6.45, 7) is 7.55. The van der Waals surface area contributed by atoms with Crippen LogP contribution in [0.3, 0.4) is 0 Å². The van der Waals surface area contributed by atoms with Crippen molar-refractivity contribution < 1.29 is 51.9 Å². The first-order chi connectivity index (χ1) is 11.1. The van der Waals surface area contributed by atoms with Gasteiger partial charge in [0.2, 0.25) is 0 Å². The summed E-state index contributed by atoms with van der Waals surface area (Å²) in [7, 11) is -9.21. The molecule has 0 aromatic heterocycles. The van der Waals surface area contributed by atoms with Crippen LogP contribution in [0.2, 0.25) is 38.8 Å². The molecule has 0 saturated carbocycles. The normalized spacial score (nSPS) is 23.8. The van der Waals surface area contributed by atoms with Crippen LogP contribution in [-0.2, 0) is 12.3 Å². The second-order valence-electron chi connectivity index (χ2n) is 7.09. The standard InChI is InChI=1S/C11H19F9O3Si3/c1-24(2)21-25(3,4)23-26(5,22-24)7-6-8(12,13)9(14,15)10(16,17)11(18,19)20/h6-7H2,1-5H3. The number of halogens is 9. The number of alkyl halides is 9. The van der Waals surface area contributed by atoms with Gasteiger partial charge in [-0.1, -0.05) is 0 Å². The van der Waals surface area contributed by atoms with Gasteiger partial charge in [-0.3, -0.25) is 0 Å². The fourth-order valence-corrected chi connectivity index (χ4v) is 19.0. The molecular formula is C11H19F9O3Si3. The third-order valence-electron chi connectivity index (χ3n) is 3.52. The summed E-state index contributed by atoms with van der Waals surface area (Å²) in [4.78, 5) is 0. The molecule has 1 fully saturated rings. The van der Waals surface area contributed by atoms with Crippen LogP contribution in [-0.4, -0.2) is 49.6 Å². The first-order valence-corrected chi connectivity index (χ1v) is 15.5. The van der Waals surface area contributed by atoms with Crippen LogP contribution in [0.15, 0.2) is 0 Å². The molecule has 0 unspecified atom stereocenters. The van der Waals surface area contributed by atoms with Crippen molar-refractivity contribution >= 4 is 25.7 Å². The molecule has 0 bridgehead atoms. The Kier molecular flexibility index (Phi) is 5.95. The highest BCUT2D eigenvalue weighted by molar-refractivity contribution is 6.92. The third-order valence-corrected chi connectivity index (χ3v) is 16.0. The Balaban J connectivity index is 3.03. The maximum absolute atomic E-state index is 13.7. The highest BCUT2D eigenvalue weighted by atomic mass is 28.5. The summed E-state index contributed by atoms with van der Waals surface area (Å²) in [5.41, 5.74) is 0. The van der Waals surface area contributed by atoms with Gasteiger partial charge in [0.05, 0.1) is 0 Å². The van der Waals surface area contributed by atoms with E-state index in [1.165, 1.54) is 6.55 Å². The zero-order chi connectivity index (χ0) is 21.0. The first-order valence-electron chi connectivity index (χ1n) is 7.38. The van der Waals surface area contributed by atoms with Crippen LogP contribution in [0.25, 0.3) is 0 Å². The highest BCUT2D eigenvalue weighted by Crippen LogP contribution is 2.54. The summed E-state index contributed by atoms with van der Waals surface area (Å²) in [5.74, 6) is -19.1. The second kappa shape index (κ2) is 6.47.